The van der Waals surface area contributed by atoms with Crippen molar-refractivity contribution < 1.29 is 14.3 Å². The van der Waals surface area contributed by atoms with E-state index in [1.165, 1.54) is 12.8 Å². The highest BCUT2D eigenvalue weighted by Gasteiger charge is 2.54. The van der Waals surface area contributed by atoms with Crippen LogP contribution >= 0.6 is 0 Å². The van der Waals surface area contributed by atoms with Crippen molar-refractivity contribution in [1.82, 2.24) is 0 Å². The van der Waals surface area contributed by atoms with E-state index in [1.807, 2.05) is 19.9 Å². The number of fused-ring (bicyclic) bond motifs is 1. The number of hydrogen-bond donors (Lipinski definition) is 0. The van der Waals surface area contributed by atoms with Crippen LogP contribution in [0.25, 0.3) is 0 Å². The van der Waals surface area contributed by atoms with E-state index in [9.17, 15) is 4.79 Å². The zero-order valence-electron chi connectivity index (χ0n) is 16.1. The Hall–Kier alpha value is -1.11. The molecule has 2 saturated carbocycles. The van der Waals surface area contributed by atoms with Crippen LogP contribution in [-0.2, 0) is 14.3 Å². The van der Waals surface area contributed by atoms with E-state index in [4.69, 9.17) is 9.47 Å². The molecule has 1 saturated heterocycles. The van der Waals surface area contributed by atoms with Gasteiger partial charge in [-0.3, -0.25) is 4.79 Å². The SMILES string of the molecule is CC#CCC(C)C(=O)/C=C/C1CCC2CC3(CC12)OCC(C)(C)CO3. The minimum atomic E-state index is -0.356. The molecule has 0 aromatic rings. The number of ether oxygens (including phenoxy) is 2. The monoisotopic (exact) mass is 344 g/mol. The van der Waals surface area contributed by atoms with Gasteiger partial charge in [0, 0.05) is 30.6 Å². The van der Waals surface area contributed by atoms with Crippen LogP contribution in [-0.4, -0.2) is 24.8 Å². The smallest absolute Gasteiger partial charge is 0.168 e. The zero-order chi connectivity index (χ0) is 18.1. The Morgan fingerprint density at radius 2 is 1.96 bits per heavy atom. The first-order valence-corrected chi connectivity index (χ1v) is 9.74. The molecule has 1 spiro atoms. The Kier molecular flexibility index (Phi) is 5.42. The molecule has 0 aromatic carbocycles. The molecule has 3 aliphatic rings. The van der Waals surface area contributed by atoms with E-state index in [0.29, 0.717) is 24.2 Å². The van der Waals surface area contributed by atoms with E-state index in [2.05, 4.69) is 31.8 Å². The van der Waals surface area contributed by atoms with Gasteiger partial charge in [-0.25, -0.2) is 0 Å². The van der Waals surface area contributed by atoms with E-state index >= 15 is 0 Å². The fourth-order valence-electron chi connectivity index (χ4n) is 4.55. The van der Waals surface area contributed by atoms with Crippen LogP contribution in [0.2, 0.25) is 0 Å². The van der Waals surface area contributed by atoms with Crippen LogP contribution in [0.15, 0.2) is 12.2 Å². The van der Waals surface area contributed by atoms with Crippen LogP contribution < -0.4 is 0 Å². The van der Waals surface area contributed by atoms with Crippen LogP contribution in [0.4, 0.5) is 0 Å². The number of carbonyl (C=O) groups excluding carboxylic acids is 1. The summed E-state index contributed by atoms with van der Waals surface area (Å²) < 4.78 is 12.4. The Bertz CT molecular complexity index is 582. The minimum absolute atomic E-state index is 0.0111. The molecule has 3 fully saturated rings. The molecule has 4 atom stereocenters. The highest BCUT2D eigenvalue weighted by Crippen LogP contribution is 2.55. The molecule has 2 aliphatic carbocycles. The third-order valence-electron chi connectivity index (χ3n) is 6.18. The lowest BCUT2D eigenvalue weighted by Crippen LogP contribution is -2.46. The van der Waals surface area contributed by atoms with E-state index in [-0.39, 0.29) is 22.9 Å². The van der Waals surface area contributed by atoms with Gasteiger partial charge in [-0.05, 0) is 43.6 Å². The fraction of sp³-hybridized carbons (Fsp3) is 0.773. The van der Waals surface area contributed by atoms with Crippen molar-refractivity contribution in [3.8, 4) is 11.8 Å². The van der Waals surface area contributed by atoms with E-state index < -0.39 is 0 Å². The molecule has 3 heteroatoms. The summed E-state index contributed by atoms with van der Waals surface area (Å²) >= 11 is 0. The van der Waals surface area contributed by atoms with Crippen molar-refractivity contribution in [3.05, 3.63) is 12.2 Å². The van der Waals surface area contributed by atoms with Crippen LogP contribution in [0, 0.1) is 40.9 Å². The second-order valence-electron chi connectivity index (χ2n) is 9.02. The first-order valence-electron chi connectivity index (χ1n) is 9.74. The topological polar surface area (TPSA) is 35.5 Å². The Morgan fingerprint density at radius 1 is 1.24 bits per heavy atom. The molecule has 25 heavy (non-hydrogen) atoms. The molecular weight excluding hydrogens is 312 g/mol. The fourth-order valence-corrected chi connectivity index (χ4v) is 4.55. The first-order chi connectivity index (χ1) is 11.8. The molecule has 0 amide bonds. The van der Waals surface area contributed by atoms with Gasteiger partial charge in [-0.2, -0.15) is 0 Å². The third-order valence-corrected chi connectivity index (χ3v) is 6.18. The lowest BCUT2D eigenvalue weighted by molar-refractivity contribution is -0.297. The Labute approximate surface area is 152 Å². The van der Waals surface area contributed by atoms with Gasteiger partial charge in [0.05, 0.1) is 13.2 Å². The third kappa shape index (κ3) is 4.18. The van der Waals surface area contributed by atoms with Gasteiger partial charge < -0.3 is 9.47 Å². The molecule has 0 aromatic heterocycles. The van der Waals surface area contributed by atoms with Crippen molar-refractivity contribution in [3.63, 3.8) is 0 Å². The van der Waals surface area contributed by atoms with Crippen molar-refractivity contribution in [2.75, 3.05) is 13.2 Å². The van der Waals surface area contributed by atoms with Gasteiger partial charge in [0.15, 0.2) is 11.6 Å². The molecule has 3 rings (SSSR count). The maximum Gasteiger partial charge on any atom is 0.168 e. The molecule has 1 heterocycles. The molecule has 4 unspecified atom stereocenters. The summed E-state index contributed by atoms with van der Waals surface area (Å²) in [6.45, 7) is 9.72. The normalized spacial score (nSPS) is 33.8. The van der Waals surface area contributed by atoms with E-state index in [1.54, 1.807) is 0 Å². The maximum absolute atomic E-state index is 12.3. The van der Waals surface area contributed by atoms with Gasteiger partial charge in [0.1, 0.15) is 0 Å². The summed E-state index contributed by atoms with van der Waals surface area (Å²) in [5.74, 6) is 7.45. The molecule has 1 aliphatic heterocycles. The molecule has 3 nitrogen and oxygen atoms in total. The highest BCUT2D eigenvalue weighted by molar-refractivity contribution is 5.91. The van der Waals surface area contributed by atoms with Crippen LogP contribution in [0.3, 0.4) is 0 Å². The van der Waals surface area contributed by atoms with Gasteiger partial charge in [-0.15, -0.1) is 11.8 Å². The highest BCUT2D eigenvalue weighted by atomic mass is 16.7. The van der Waals surface area contributed by atoms with Crippen molar-refractivity contribution in [1.29, 1.82) is 0 Å². The molecule has 138 valence electrons. The number of carbonyl (C=O) groups is 1. The Morgan fingerprint density at radius 3 is 2.64 bits per heavy atom. The standard InChI is InChI=1S/C22H32O3/c1-5-6-7-16(2)20(23)11-10-17-8-9-18-12-22(13-19(17)18)24-14-21(3,4)15-25-22/h10-11,16-19H,7-9,12-15H2,1-4H3/b11-10+. The second kappa shape index (κ2) is 7.25. The predicted octanol–water partition coefficient (Wildman–Crippen LogP) is 4.37. The second-order valence-corrected chi connectivity index (χ2v) is 9.02. The minimum Gasteiger partial charge on any atom is -0.349 e. The van der Waals surface area contributed by atoms with E-state index in [0.717, 1.165) is 26.1 Å². The van der Waals surface area contributed by atoms with Crippen molar-refractivity contribution in [2.24, 2.45) is 29.1 Å². The lowest BCUT2D eigenvalue weighted by Gasteiger charge is -2.42. The van der Waals surface area contributed by atoms with Gasteiger partial charge >= 0.3 is 0 Å². The zero-order valence-corrected chi connectivity index (χ0v) is 16.1. The summed E-state index contributed by atoms with van der Waals surface area (Å²) in [5.41, 5.74) is 0.117. The summed E-state index contributed by atoms with van der Waals surface area (Å²) in [5, 5.41) is 0. The number of ketones is 1. The summed E-state index contributed by atoms with van der Waals surface area (Å²) in [7, 11) is 0. The molecule has 0 N–H and O–H groups in total. The summed E-state index contributed by atoms with van der Waals surface area (Å²) in [4.78, 5) is 12.3. The van der Waals surface area contributed by atoms with Gasteiger partial charge in [-0.1, -0.05) is 26.8 Å². The number of allylic oxidation sites excluding steroid dienone is 2. The molecule has 0 radical (unpaired) electrons. The lowest BCUT2D eigenvalue weighted by atomic mass is 9.90. The average Bonchev–Trinajstić information content (AvgIpc) is 3.11. The largest absolute Gasteiger partial charge is 0.349 e. The van der Waals surface area contributed by atoms with Gasteiger partial charge in [0.2, 0.25) is 0 Å². The quantitative estimate of drug-likeness (QED) is 0.561. The number of hydrogen-bond acceptors (Lipinski definition) is 3. The van der Waals surface area contributed by atoms with Crippen LogP contribution in [0.1, 0.15) is 59.8 Å². The molecular formula is C22H32O3. The first kappa shape index (κ1) is 18.7. The number of rotatable bonds is 4. The summed E-state index contributed by atoms with van der Waals surface area (Å²) in [6.07, 6.45) is 9.03. The Balaban J connectivity index is 1.58. The van der Waals surface area contributed by atoms with Gasteiger partial charge in [0.25, 0.3) is 0 Å². The van der Waals surface area contributed by atoms with Crippen LogP contribution in [0.5, 0.6) is 0 Å². The molecule has 0 bridgehead atoms. The predicted molar refractivity (Wildman–Crippen MR) is 98.7 cm³/mol. The average molecular weight is 344 g/mol. The van der Waals surface area contributed by atoms with Crippen molar-refractivity contribution in [2.45, 2.75) is 65.6 Å². The maximum atomic E-state index is 12.3. The summed E-state index contributed by atoms with van der Waals surface area (Å²) in [6, 6.07) is 0. The van der Waals surface area contributed by atoms with Crippen molar-refractivity contribution >= 4 is 5.78 Å².